The maximum atomic E-state index is 11.4. The van der Waals surface area contributed by atoms with E-state index in [2.05, 4.69) is 0 Å². The Morgan fingerprint density at radius 1 is 1.04 bits per heavy atom. The Labute approximate surface area is 154 Å². The molecule has 2 aromatic rings. The van der Waals surface area contributed by atoms with Crippen molar-refractivity contribution in [2.24, 2.45) is 5.92 Å². The molecule has 9 heteroatoms. The molecule has 2 aromatic carbocycles. The van der Waals surface area contributed by atoms with Crippen molar-refractivity contribution in [1.29, 1.82) is 0 Å². The Bertz CT molecular complexity index is 748. The van der Waals surface area contributed by atoms with E-state index in [0.29, 0.717) is 23.1 Å². The fourth-order valence-corrected chi connectivity index (χ4v) is 1.76. The Morgan fingerprint density at radius 3 is 1.96 bits per heavy atom. The smallest absolute Gasteiger partial charge is 0.338 e. The monoisotopic (exact) mass is 380 g/mol. The van der Waals surface area contributed by atoms with Crippen molar-refractivity contribution in [2.45, 2.75) is 13.8 Å². The number of ether oxygens (including phenoxy) is 1. The highest BCUT2D eigenvalue weighted by atomic mass is 35.5. The molecule has 8 nitrogen and oxygen atoms in total. The van der Waals surface area contributed by atoms with Gasteiger partial charge in [0, 0.05) is 17.2 Å². The molecular weight excluding hydrogens is 364 g/mol. The molecule has 2 rings (SSSR count). The Morgan fingerprint density at radius 2 is 1.54 bits per heavy atom. The molecule has 0 aromatic heterocycles. The van der Waals surface area contributed by atoms with Crippen LogP contribution in [0.1, 0.15) is 24.2 Å². The summed E-state index contributed by atoms with van der Waals surface area (Å²) in [4.78, 5) is 30.4. The molecule has 0 aliphatic heterocycles. The van der Waals surface area contributed by atoms with Crippen LogP contribution in [0, 0.1) is 26.1 Å². The Balaban J connectivity index is 0.000000263. The first-order chi connectivity index (χ1) is 12.2. The van der Waals surface area contributed by atoms with E-state index < -0.39 is 9.85 Å². The minimum atomic E-state index is -0.674. The lowest BCUT2D eigenvalue weighted by molar-refractivity contribution is -0.394. The molecule has 0 amide bonds. The summed E-state index contributed by atoms with van der Waals surface area (Å²) in [5, 5.41) is 20.9. The lowest BCUT2D eigenvalue weighted by atomic mass is 10.2. The first kappa shape index (κ1) is 21.0. The Kier molecular flexibility index (Phi) is 8.17. The topological polar surface area (TPSA) is 113 Å². The number of nitro groups is 2. The van der Waals surface area contributed by atoms with Crippen molar-refractivity contribution in [3.8, 4) is 0 Å². The van der Waals surface area contributed by atoms with Gasteiger partial charge in [-0.2, -0.15) is 0 Å². The van der Waals surface area contributed by atoms with Crippen LogP contribution in [0.3, 0.4) is 0 Å². The third-order valence-corrected chi connectivity index (χ3v) is 3.13. The third-order valence-electron chi connectivity index (χ3n) is 2.88. The van der Waals surface area contributed by atoms with Gasteiger partial charge in [0.05, 0.1) is 28.1 Å². The zero-order valence-electron chi connectivity index (χ0n) is 14.1. The van der Waals surface area contributed by atoms with Crippen LogP contribution >= 0.6 is 11.6 Å². The first-order valence-electron chi connectivity index (χ1n) is 7.52. The maximum absolute atomic E-state index is 11.4. The minimum absolute atomic E-state index is 0.274. The van der Waals surface area contributed by atoms with Gasteiger partial charge in [-0.1, -0.05) is 25.4 Å². The highest BCUT2D eigenvalue weighted by Crippen LogP contribution is 2.18. The molecule has 0 bridgehead atoms. The van der Waals surface area contributed by atoms with Gasteiger partial charge in [-0.3, -0.25) is 20.2 Å². The van der Waals surface area contributed by atoms with Crippen LogP contribution in [0.25, 0.3) is 0 Å². The van der Waals surface area contributed by atoms with Gasteiger partial charge in [-0.15, -0.1) is 0 Å². The largest absolute Gasteiger partial charge is 0.462 e. The zero-order valence-corrected chi connectivity index (χ0v) is 14.9. The molecule has 0 unspecified atom stereocenters. The summed E-state index contributed by atoms with van der Waals surface area (Å²) in [6.07, 6.45) is 0. The second-order valence-electron chi connectivity index (χ2n) is 5.53. The van der Waals surface area contributed by atoms with Crippen LogP contribution in [-0.4, -0.2) is 22.4 Å². The van der Waals surface area contributed by atoms with Gasteiger partial charge in [-0.05, 0) is 36.2 Å². The van der Waals surface area contributed by atoms with E-state index in [1.807, 2.05) is 13.8 Å². The summed E-state index contributed by atoms with van der Waals surface area (Å²) < 4.78 is 5.05. The number of nitro benzene ring substituents is 2. The fourth-order valence-electron chi connectivity index (χ4n) is 1.63. The van der Waals surface area contributed by atoms with Crippen LogP contribution in [0.2, 0.25) is 5.02 Å². The van der Waals surface area contributed by atoms with Gasteiger partial charge in [-0.25, -0.2) is 4.79 Å². The fraction of sp³-hybridized carbons (Fsp3) is 0.235. The average molecular weight is 381 g/mol. The number of nitrogens with zero attached hydrogens (tertiary/aromatic N) is 2. The van der Waals surface area contributed by atoms with Gasteiger partial charge < -0.3 is 4.74 Å². The number of benzene rings is 2. The molecule has 0 atom stereocenters. The molecule has 0 heterocycles. The van der Waals surface area contributed by atoms with E-state index >= 15 is 0 Å². The summed E-state index contributed by atoms with van der Waals surface area (Å²) in [7, 11) is 0. The molecule has 138 valence electrons. The number of carbonyl (C=O) groups is 1. The summed E-state index contributed by atoms with van der Waals surface area (Å²) in [5.74, 6) is 0.0571. The van der Waals surface area contributed by atoms with Crippen LogP contribution < -0.4 is 0 Å². The molecule has 0 saturated carbocycles. The third kappa shape index (κ3) is 7.27. The molecule has 0 radical (unpaired) electrons. The van der Waals surface area contributed by atoms with Crippen molar-refractivity contribution in [3.05, 3.63) is 79.3 Å². The van der Waals surface area contributed by atoms with E-state index in [1.165, 1.54) is 18.2 Å². The number of hydrogen-bond acceptors (Lipinski definition) is 6. The van der Waals surface area contributed by atoms with Crippen LogP contribution in [0.5, 0.6) is 0 Å². The van der Waals surface area contributed by atoms with Crippen LogP contribution in [0.15, 0.2) is 48.5 Å². The second kappa shape index (κ2) is 10.1. The molecule has 0 fully saturated rings. The minimum Gasteiger partial charge on any atom is -0.462 e. The molecule has 26 heavy (non-hydrogen) atoms. The molecule has 0 aliphatic rings. The first-order valence-corrected chi connectivity index (χ1v) is 7.90. The van der Waals surface area contributed by atoms with Crippen molar-refractivity contribution in [2.75, 3.05) is 6.61 Å². The van der Waals surface area contributed by atoms with E-state index in [-0.39, 0.29) is 17.3 Å². The maximum Gasteiger partial charge on any atom is 0.338 e. The summed E-state index contributed by atoms with van der Waals surface area (Å²) in [6, 6.07) is 11.3. The van der Waals surface area contributed by atoms with E-state index in [9.17, 15) is 25.0 Å². The van der Waals surface area contributed by atoms with Gasteiger partial charge in [0.2, 0.25) is 0 Å². The lowest BCUT2D eigenvalue weighted by Crippen LogP contribution is -2.09. The standard InChI is InChI=1S/C11H13ClO2.C6H4N2O4/c1-8(2)7-14-11(13)9-3-5-10(12)6-4-9;9-7(10)5-2-1-3-6(4-5)8(11)12/h3-6,8H,7H2,1-2H3;1-4H. The Hall–Kier alpha value is -3.00. The number of rotatable bonds is 5. The predicted octanol–water partition coefficient (Wildman–Crippen LogP) is 4.66. The highest BCUT2D eigenvalue weighted by Gasteiger charge is 2.11. The average Bonchev–Trinajstić information content (AvgIpc) is 2.61. The van der Waals surface area contributed by atoms with Crippen LogP contribution in [0.4, 0.5) is 11.4 Å². The van der Waals surface area contributed by atoms with Gasteiger partial charge in [0.1, 0.15) is 0 Å². The quantitative estimate of drug-likeness (QED) is 0.423. The van der Waals surface area contributed by atoms with Crippen molar-refractivity contribution < 1.29 is 19.4 Å². The van der Waals surface area contributed by atoms with Crippen molar-refractivity contribution in [1.82, 2.24) is 0 Å². The number of halogens is 1. The van der Waals surface area contributed by atoms with E-state index in [0.717, 1.165) is 6.07 Å². The second-order valence-corrected chi connectivity index (χ2v) is 5.97. The number of non-ortho nitro benzene ring substituents is 2. The highest BCUT2D eigenvalue weighted by molar-refractivity contribution is 6.30. The number of esters is 1. The summed E-state index contributed by atoms with van der Waals surface area (Å²) in [5.41, 5.74) is -0.0107. The summed E-state index contributed by atoms with van der Waals surface area (Å²) >= 11 is 5.69. The predicted molar refractivity (Wildman–Crippen MR) is 96.3 cm³/mol. The van der Waals surface area contributed by atoms with E-state index in [4.69, 9.17) is 16.3 Å². The molecular formula is C17H17ClN2O6. The SMILES string of the molecule is CC(C)COC(=O)c1ccc(Cl)cc1.O=[N+]([O-])c1cccc([N+](=O)[O-])c1. The molecule has 0 N–H and O–H groups in total. The lowest BCUT2D eigenvalue weighted by Gasteiger charge is -2.06. The molecule has 0 saturated heterocycles. The number of hydrogen-bond donors (Lipinski definition) is 0. The molecule has 0 aliphatic carbocycles. The normalized spacial score (nSPS) is 9.85. The van der Waals surface area contributed by atoms with Crippen molar-refractivity contribution in [3.63, 3.8) is 0 Å². The van der Waals surface area contributed by atoms with Crippen molar-refractivity contribution >= 4 is 28.9 Å². The van der Waals surface area contributed by atoms with E-state index in [1.54, 1.807) is 24.3 Å². The van der Waals surface area contributed by atoms with Gasteiger partial charge in [0.15, 0.2) is 0 Å². The number of carbonyl (C=O) groups excluding carboxylic acids is 1. The van der Waals surface area contributed by atoms with Gasteiger partial charge >= 0.3 is 5.97 Å². The molecule has 0 spiro atoms. The zero-order chi connectivity index (χ0) is 19.7. The van der Waals surface area contributed by atoms with Crippen LogP contribution in [-0.2, 0) is 4.74 Å². The summed E-state index contributed by atoms with van der Waals surface area (Å²) in [6.45, 7) is 4.44. The van der Waals surface area contributed by atoms with Gasteiger partial charge in [0.25, 0.3) is 11.4 Å².